The Kier molecular flexibility index (Phi) is 4.84. The molecule has 0 amide bonds. The first-order valence-electron chi connectivity index (χ1n) is 5.49. The average molecular weight is 239 g/mol. The third-order valence-corrected chi connectivity index (χ3v) is 2.07. The van der Waals surface area contributed by atoms with Crippen LogP contribution in [0.5, 0.6) is 5.88 Å². The lowest BCUT2D eigenvalue weighted by Crippen LogP contribution is -2.27. The van der Waals surface area contributed by atoms with Crippen molar-refractivity contribution in [2.45, 2.75) is 26.8 Å². The Morgan fingerprint density at radius 3 is 2.82 bits per heavy atom. The predicted octanol–water partition coefficient (Wildman–Crippen LogP) is 1.68. The summed E-state index contributed by atoms with van der Waals surface area (Å²) in [5.74, 6) is 0.0838. The molecule has 6 nitrogen and oxygen atoms in total. The summed E-state index contributed by atoms with van der Waals surface area (Å²) in [7, 11) is 0. The summed E-state index contributed by atoms with van der Waals surface area (Å²) < 4.78 is 5.31. The van der Waals surface area contributed by atoms with Gasteiger partial charge in [0.2, 0.25) is 0 Å². The van der Waals surface area contributed by atoms with Gasteiger partial charge in [-0.2, -0.15) is 0 Å². The maximum Gasteiger partial charge on any atom is 0.330 e. The maximum absolute atomic E-state index is 10.7. The van der Waals surface area contributed by atoms with E-state index in [1.165, 1.54) is 6.07 Å². The molecule has 0 radical (unpaired) electrons. The molecule has 0 unspecified atom stereocenters. The van der Waals surface area contributed by atoms with E-state index < -0.39 is 4.92 Å². The van der Waals surface area contributed by atoms with Crippen molar-refractivity contribution in [2.24, 2.45) is 0 Å². The van der Waals surface area contributed by atoms with Crippen LogP contribution in [0, 0.1) is 17.0 Å². The van der Waals surface area contributed by atoms with Crippen LogP contribution in [0.15, 0.2) is 12.1 Å². The highest BCUT2D eigenvalue weighted by atomic mass is 16.6. The minimum atomic E-state index is -0.488. The molecule has 0 aromatic carbocycles. The van der Waals surface area contributed by atoms with Gasteiger partial charge < -0.3 is 10.1 Å². The largest absolute Gasteiger partial charge is 0.471 e. The number of rotatable bonds is 6. The molecule has 1 heterocycles. The van der Waals surface area contributed by atoms with Crippen molar-refractivity contribution in [1.29, 1.82) is 0 Å². The number of aromatic nitrogens is 1. The minimum absolute atomic E-state index is 0.0838. The molecule has 1 N–H and O–H groups in total. The number of hydrogen-bond donors (Lipinski definition) is 1. The van der Waals surface area contributed by atoms with Gasteiger partial charge in [0.1, 0.15) is 6.61 Å². The highest BCUT2D eigenvalue weighted by Gasteiger charge is 2.16. The number of ether oxygens (including phenoxy) is 1. The predicted molar refractivity (Wildman–Crippen MR) is 64.3 cm³/mol. The van der Waals surface area contributed by atoms with Crippen molar-refractivity contribution in [1.82, 2.24) is 10.3 Å². The monoisotopic (exact) mass is 239 g/mol. The fourth-order valence-electron chi connectivity index (χ4n) is 1.27. The quantitative estimate of drug-likeness (QED) is 0.464. The Bertz CT molecular complexity index is 394. The number of pyridine rings is 1. The first-order valence-corrected chi connectivity index (χ1v) is 5.49. The van der Waals surface area contributed by atoms with Crippen LogP contribution in [0.2, 0.25) is 0 Å². The van der Waals surface area contributed by atoms with Gasteiger partial charge in [-0.1, -0.05) is 13.8 Å². The zero-order valence-electron chi connectivity index (χ0n) is 10.3. The van der Waals surface area contributed by atoms with Crippen molar-refractivity contribution in [2.75, 3.05) is 13.2 Å². The first kappa shape index (κ1) is 13.4. The second-order valence-corrected chi connectivity index (χ2v) is 3.99. The van der Waals surface area contributed by atoms with E-state index in [1.54, 1.807) is 13.0 Å². The van der Waals surface area contributed by atoms with Crippen LogP contribution in [0.3, 0.4) is 0 Å². The van der Waals surface area contributed by atoms with E-state index in [2.05, 4.69) is 10.3 Å². The molecule has 1 aromatic rings. The first-order chi connectivity index (χ1) is 8.00. The van der Waals surface area contributed by atoms with Gasteiger partial charge in [-0.05, 0) is 13.0 Å². The van der Waals surface area contributed by atoms with Gasteiger partial charge in [0, 0.05) is 24.3 Å². The standard InChI is InChI=1S/C11H17N3O3/c1-8(2)12-6-7-17-11-10(14(15)16)5-4-9(3)13-11/h4-5,8,12H,6-7H2,1-3H3. The molecule has 0 spiro atoms. The molecule has 6 heteroatoms. The lowest BCUT2D eigenvalue weighted by atomic mass is 10.3. The topological polar surface area (TPSA) is 77.3 Å². The van der Waals surface area contributed by atoms with Crippen molar-refractivity contribution in [3.63, 3.8) is 0 Å². The van der Waals surface area contributed by atoms with Gasteiger partial charge in [0.25, 0.3) is 5.88 Å². The molecule has 0 saturated carbocycles. The van der Waals surface area contributed by atoms with Crippen LogP contribution in [0.4, 0.5) is 5.69 Å². The van der Waals surface area contributed by atoms with Gasteiger partial charge in [-0.25, -0.2) is 4.98 Å². The molecule has 0 aliphatic rings. The van der Waals surface area contributed by atoms with Gasteiger partial charge in [0.05, 0.1) is 4.92 Å². The second kappa shape index (κ2) is 6.15. The molecule has 0 aliphatic heterocycles. The molecule has 17 heavy (non-hydrogen) atoms. The Morgan fingerprint density at radius 2 is 2.24 bits per heavy atom. The summed E-state index contributed by atoms with van der Waals surface area (Å²) in [6, 6.07) is 3.37. The number of aryl methyl sites for hydroxylation is 1. The summed E-state index contributed by atoms with van der Waals surface area (Å²) in [4.78, 5) is 14.3. The molecule has 94 valence electrons. The highest BCUT2D eigenvalue weighted by Crippen LogP contribution is 2.23. The summed E-state index contributed by atoms with van der Waals surface area (Å²) in [5.41, 5.74) is 0.600. The fourth-order valence-corrected chi connectivity index (χ4v) is 1.27. The molecule has 0 bridgehead atoms. The van der Waals surface area contributed by atoms with E-state index in [4.69, 9.17) is 4.74 Å². The smallest absolute Gasteiger partial charge is 0.330 e. The van der Waals surface area contributed by atoms with E-state index >= 15 is 0 Å². The molecule has 0 fully saturated rings. The summed E-state index contributed by atoms with van der Waals surface area (Å²) in [5, 5.41) is 13.9. The Labute approximate surface area is 100 Å². The zero-order valence-corrected chi connectivity index (χ0v) is 10.3. The number of nitro groups is 1. The lowest BCUT2D eigenvalue weighted by molar-refractivity contribution is -0.386. The Morgan fingerprint density at radius 1 is 1.53 bits per heavy atom. The molecular weight excluding hydrogens is 222 g/mol. The van der Waals surface area contributed by atoms with Crippen LogP contribution in [0.1, 0.15) is 19.5 Å². The molecule has 1 rings (SSSR count). The lowest BCUT2D eigenvalue weighted by Gasteiger charge is -2.09. The van der Waals surface area contributed by atoms with Crippen LogP contribution >= 0.6 is 0 Å². The summed E-state index contributed by atoms with van der Waals surface area (Å²) in [6.45, 7) is 6.80. The minimum Gasteiger partial charge on any atom is -0.471 e. The Hall–Kier alpha value is -1.69. The summed E-state index contributed by atoms with van der Waals surface area (Å²) >= 11 is 0. The second-order valence-electron chi connectivity index (χ2n) is 3.99. The normalized spacial score (nSPS) is 10.6. The van der Waals surface area contributed by atoms with Crippen molar-refractivity contribution in [3.05, 3.63) is 27.9 Å². The average Bonchev–Trinajstić information content (AvgIpc) is 2.23. The van der Waals surface area contributed by atoms with E-state index in [0.717, 1.165) is 0 Å². The van der Waals surface area contributed by atoms with Gasteiger partial charge in [-0.15, -0.1) is 0 Å². The number of nitrogens with zero attached hydrogens (tertiary/aromatic N) is 2. The molecule has 0 atom stereocenters. The van der Waals surface area contributed by atoms with Gasteiger partial charge in [0.15, 0.2) is 0 Å². The van der Waals surface area contributed by atoms with Crippen LogP contribution < -0.4 is 10.1 Å². The van der Waals surface area contributed by atoms with Crippen molar-refractivity contribution in [3.8, 4) is 5.88 Å². The molecular formula is C11H17N3O3. The molecule has 0 saturated heterocycles. The molecule has 1 aromatic heterocycles. The van der Waals surface area contributed by atoms with E-state index in [1.807, 2.05) is 13.8 Å². The maximum atomic E-state index is 10.7. The van der Waals surface area contributed by atoms with Gasteiger partial charge in [-0.3, -0.25) is 10.1 Å². The third-order valence-electron chi connectivity index (χ3n) is 2.07. The zero-order chi connectivity index (χ0) is 12.8. The van der Waals surface area contributed by atoms with E-state index in [9.17, 15) is 10.1 Å². The van der Waals surface area contributed by atoms with Crippen molar-refractivity contribution >= 4 is 5.69 Å². The van der Waals surface area contributed by atoms with Crippen LogP contribution in [-0.4, -0.2) is 29.1 Å². The third kappa shape index (κ3) is 4.36. The van der Waals surface area contributed by atoms with Crippen LogP contribution in [-0.2, 0) is 0 Å². The highest BCUT2D eigenvalue weighted by molar-refractivity contribution is 5.41. The van der Waals surface area contributed by atoms with Crippen molar-refractivity contribution < 1.29 is 9.66 Å². The number of nitrogens with one attached hydrogen (secondary N) is 1. The fraction of sp³-hybridized carbons (Fsp3) is 0.545. The van der Waals surface area contributed by atoms with Crippen LogP contribution in [0.25, 0.3) is 0 Å². The van der Waals surface area contributed by atoms with Gasteiger partial charge >= 0.3 is 5.69 Å². The summed E-state index contributed by atoms with van der Waals surface area (Å²) in [6.07, 6.45) is 0. The Balaban J connectivity index is 2.62. The molecule has 0 aliphatic carbocycles. The number of hydrogen-bond acceptors (Lipinski definition) is 5. The van der Waals surface area contributed by atoms with E-state index in [0.29, 0.717) is 24.9 Å². The SMILES string of the molecule is Cc1ccc([N+](=O)[O-])c(OCCNC(C)C)n1. The van der Waals surface area contributed by atoms with E-state index in [-0.39, 0.29) is 11.6 Å².